The predicted octanol–water partition coefficient (Wildman–Crippen LogP) is -0.665. The SMILES string of the molecule is CC(C)C[C@H](NC(=O)[C@@H](C)NC(=O)[C@H](NC(=O)OCc1ccccc1)[C@@H](C)O)C(=O)N[C@H](CC(C)C)C(=O)NCC(=O)NN. The van der Waals surface area contributed by atoms with Crippen LogP contribution in [0.2, 0.25) is 0 Å². The third kappa shape index (κ3) is 14.3. The van der Waals surface area contributed by atoms with Crippen molar-refractivity contribution < 1.29 is 38.6 Å². The number of benzene rings is 1. The number of carbonyl (C=O) groups is 6. The van der Waals surface area contributed by atoms with Crippen LogP contribution in [0.1, 0.15) is 59.9 Å². The quantitative estimate of drug-likeness (QED) is 0.0626. The molecule has 0 spiro atoms. The standard InChI is InChI=1S/C29H47N7O8/c1-16(2)12-21(26(40)31-14-23(38)36-30)34-27(41)22(13-17(3)4)33-25(39)18(5)32-28(42)24(19(6)37)35-29(43)44-15-20-10-8-7-9-11-20/h7-11,16-19,21-22,24,37H,12-15,30H2,1-6H3,(H,31,40)(H,32,42)(H,33,39)(H,34,41)(H,35,43)(H,36,38)/t18-,19-,21-,22+,24-/m1/s1. The third-order valence-electron chi connectivity index (χ3n) is 6.27. The van der Waals surface area contributed by atoms with Gasteiger partial charge in [0, 0.05) is 0 Å². The van der Waals surface area contributed by atoms with Crippen molar-refractivity contribution in [1.29, 1.82) is 0 Å². The Labute approximate surface area is 257 Å². The molecule has 0 unspecified atom stereocenters. The van der Waals surface area contributed by atoms with Crippen LogP contribution < -0.4 is 37.9 Å². The zero-order valence-electron chi connectivity index (χ0n) is 26.1. The van der Waals surface area contributed by atoms with Gasteiger partial charge >= 0.3 is 6.09 Å². The van der Waals surface area contributed by atoms with Gasteiger partial charge in [0.2, 0.25) is 23.6 Å². The molecule has 1 aromatic rings. The summed E-state index contributed by atoms with van der Waals surface area (Å²) in [7, 11) is 0. The van der Waals surface area contributed by atoms with Gasteiger partial charge in [-0.15, -0.1) is 0 Å². The average Bonchev–Trinajstić information content (AvgIpc) is 2.96. The summed E-state index contributed by atoms with van der Waals surface area (Å²) in [6.45, 7) is 9.64. The molecule has 15 nitrogen and oxygen atoms in total. The molecule has 0 saturated heterocycles. The summed E-state index contributed by atoms with van der Waals surface area (Å²) in [4.78, 5) is 75.6. The van der Waals surface area contributed by atoms with Crippen molar-refractivity contribution in [3.8, 4) is 0 Å². The summed E-state index contributed by atoms with van der Waals surface area (Å²) in [6, 6.07) is 4.21. The zero-order chi connectivity index (χ0) is 33.4. The Morgan fingerprint density at radius 2 is 1.30 bits per heavy atom. The maximum atomic E-state index is 13.2. The zero-order valence-corrected chi connectivity index (χ0v) is 26.1. The summed E-state index contributed by atoms with van der Waals surface area (Å²) in [6.07, 6.45) is -1.79. The van der Waals surface area contributed by atoms with E-state index in [1.165, 1.54) is 13.8 Å². The summed E-state index contributed by atoms with van der Waals surface area (Å²) in [5, 5.41) is 22.5. The van der Waals surface area contributed by atoms with Gasteiger partial charge < -0.3 is 36.4 Å². The molecule has 9 N–H and O–H groups in total. The van der Waals surface area contributed by atoms with Crippen molar-refractivity contribution in [1.82, 2.24) is 32.0 Å². The van der Waals surface area contributed by atoms with Crippen LogP contribution in [-0.2, 0) is 35.3 Å². The van der Waals surface area contributed by atoms with Crippen LogP contribution in [0, 0.1) is 11.8 Å². The fraction of sp³-hybridized carbons (Fsp3) is 0.586. The number of hydrazine groups is 1. The van der Waals surface area contributed by atoms with E-state index in [0.717, 1.165) is 5.56 Å². The number of hydrogen-bond acceptors (Lipinski definition) is 9. The van der Waals surface area contributed by atoms with Crippen LogP contribution in [0.25, 0.3) is 0 Å². The van der Waals surface area contributed by atoms with Gasteiger partial charge in [-0.05, 0) is 44.1 Å². The first-order valence-corrected chi connectivity index (χ1v) is 14.5. The number of hydrogen-bond donors (Lipinski definition) is 8. The molecule has 1 aromatic carbocycles. The lowest BCUT2D eigenvalue weighted by Gasteiger charge is -2.27. The molecular weight excluding hydrogens is 574 g/mol. The van der Waals surface area contributed by atoms with Crippen LogP contribution in [0.15, 0.2) is 30.3 Å². The highest BCUT2D eigenvalue weighted by atomic mass is 16.5. The van der Waals surface area contributed by atoms with Gasteiger partial charge in [-0.3, -0.25) is 29.4 Å². The Hall–Kier alpha value is -4.24. The fourth-order valence-electron chi connectivity index (χ4n) is 3.98. The molecule has 15 heteroatoms. The lowest BCUT2D eigenvalue weighted by atomic mass is 10.00. The number of ether oxygens (including phenoxy) is 1. The van der Waals surface area contributed by atoms with Crippen LogP contribution in [0.4, 0.5) is 4.79 Å². The molecular formula is C29H47N7O8. The van der Waals surface area contributed by atoms with E-state index in [-0.39, 0.29) is 37.8 Å². The lowest BCUT2D eigenvalue weighted by molar-refractivity contribution is -0.134. The lowest BCUT2D eigenvalue weighted by Crippen LogP contribution is -2.59. The molecule has 0 aliphatic carbocycles. The van der Waals surface area contributed by atoms with E-state index in [1.807, 2.05) is 39.2 Å². The van der Waals surface area contributed by atoms with Gasteiger partial charge in [-0.1, -0.05) is 58.0 Å². The Morgan fingerprint density at radius 1 is 0.750 bits per heavy atom. The van der Waals surface area contributed by atoms with E-state index in [9.17, 15) is 33.9 Å². The molecule has 0 fully saturated rings. The third-order valence-corrected chi connectivity index (χ3v) is 6.27. The second-order valence-electron chi connectivity index (χ2n) is 11.3. The normalized spacial score (nSPS) is 14.3. The van der Waals surface area contributed by atoms with Crippen molar-refractivity contribution in [3.05, 3.63) is 35.9 Å². The van der Waals surface area contributed by atoms with E-state index in [4.69, 9.17) is 10.6 Å². The minimum atomic E-state index is -1.43. The van der Waals surface area contributed by atoms with Crippen molar-refractivity contribution >= 4 is 35.6 Å². The van der Waals surface area contributed by atoms with Crippen molar-refractivity contribution in [2.75, 3.05) is 6.54 Å². The first-order chi connectivity index (χ1) is 20.6. The topological polar surface area (TPSA) is 230 Å². The average molecular weight is 622 g/mol. The van der Waals surface area contributed by atoms with Crippen LogP contribution >= 0.6 is 0 Å². The molecule has 0 heterocycles. The fourth-order valence-corrected chi connectivity index (χ4v) is 3.98. The number of amides is 6. The van der Waals surface area contributed by atoms with E-state index in [2.05, 4.69) is 26.6 Å². The van der Waals surface area contributed by atoms with Crippen LogP contribution in [0.3, 0.4) is 0 Å². The molecule has 246 valence electrons. The van der Waals surface area contributed by atoms with Crippen LogP contribution in [-0.4, -0.2) is 77.6 Å². The summed E-state index contributed by atoms with van der Waals surface area (Å²) in [5.41, 5.74) is 2.62. The van der Waals surface area contributed by atoms with Gasteiger partial charge in [-0.2, -0.15) is 0 Å². The highest BCUT2D eigenvalue weighted by Gasteiger charge is 2.32. The van der Waals surface area contributed by atoms with E-state index >= 15 is 0 Å². The number of carbonyl (C=O) groups excluding carboxylic acids is 6. The Bertz CT molecular complexity index is 1110. The molecule has 1 rings (SSSR count). The Kier molecular flexibility index (Phi) is 16.4. The number of nitrogens with one attached hydrogen (secondary N) is 6. The molecule has 0 aromatic heterocycles. The van der Waals surface area contributed by atoms with E-state index < -0.39 is 65.9 Å². The summed E-state index contributed by atoms with van der Waals surface area (Å²) in [5.74, 6) is 1.62. The predicted molar refractivity (Wildman–Crippen MR) is 161 cm³/mol. The molecule has 6 amide bonds. The molecule has 5 atom stereocenters. The monoisotopic (exact) mass is 621 g/mol. The van der Waals surface area contributed by atoms with Crippen molar-refractivity contribution in [3.63, 3.8) is 0 Å². The first kappa shape index (κ1) is 37.8. The van der Waals surface area contributed by atoms with Gasteiger partial charge in [0.1, 0.15) is 30.8 Å². The molecule has 0 saturated carbocycles. The maximum Gasteiger partial charge on any atom is 0.408 e. The number of alkyl carbamates (subject to hydrolysis) is 1. The molecule has 0 aliphatic rings. The molecule has 0 bridgehead atoms. The van der Waals surface area contributed by atoms with Gasteiger partial charge in [0.05, 0.1) is 12.6 Å². The number of nitrogens with two attached hydrogens (primary N) is 1. The molecule has 0 radical (unpaired) electrons. The summed E-state index contributed by atoms with van der Waals surface area (Å²) >= 11 is 0. The minimum Gasteiger partial charge on any atom is -0.445 e. The smallest absolute Gasteiger partial charge is 0.408 e. The van der Waals surface area contributed by atoms with Crippen molar-refractivity contribution in [2.24, 2.45) is 17.7 Å². The Morgan fingerprint density at radius 3 is 1.82 bits per heavy atom. The second kappa shape index (κ2) is 19.1. The number of aliphatic hydroxyl groups is 1. The first-order valence-electron chi connectivity index (χ1n) is 14.5. The highest BCUT2D eigenvalue weighted by Crippen LogP contribution is 2.10. The maximum absolute atomic E-state index is 13.2. The van der Waals surface area contributed by atoms with E-state index in [1.54, 1.807) is 24.3 Å². The molecule has 44 heavy (non-hydrogen) atoms. The van der Waals surface area contributed by atoms with Gasteiger partial charge in [0.15, 0.2) is 0 Å². The van der Waals surface area contributed by atoms with Gasteiger partial charge in [0.25, 0.3) is 5.91 Å². The summed E-state index contributed by atoms with van der Waals surface area (Å²) < 4.78 is 5.11. The molecule has 0 aliphatic heterocycles. The number of aliphatic hydroxyl groups excluding tert-OH is 1. The second-order valence-corrected chi connectivity index (χ2v) is 11.3. The van der Waals surface area contributed by atoms with Gasteiger partial charge in [-0.25, -0.2) is 10.6 Å². The number of rotatable bonds is 17. The van der Waals surface area contributed by atoms with Crippen LogP contribution in [0.5, 0.6) is 0 Å². The van der Waals surface area contributed by atoms with E-state index in [0.29, 0.717) is 0 Å². The highest BCUT2D eigenvalue weighted by molar-refractivity contribution is 5.95. The minimum absolute atomic E-state index is 0.00820. The largest absolute Gasteiger partial charge is 0.445 e. The van der Waals surface area contributed by atoms with Crippen molar-refractivity contribution in [2.45, 2.75) is 91.3 Å². The Balaban J connectivity index is 2.87.